The van der Waals surface area contributed by atoms with Crippen LogP contribution in [-0.2, 0) is 16.1 Å². The van der Waals surface area contributed by atoms with Crippen molar-refractivity contribution < 1.29 is 14.3 Å². The van der Waals surface area contributed by atoms with Crippen LogP contribution < -0.4 is 10.3 Å². The van der Waals surface area contributed by atoms with Crippen LogP contribution in [0, 0.1) is 6.92 Å². The molecule has 0 aliphatic carbocycles. The average Bonchev–Trinajstić information content (AvgIpc) is 3.34. The van der Waals surface area contributed by atoms with E-state index in [0.717, 1.165) is 17.1 Å². The molecule has 0 aromatic carbocycles. The molecule has 30 heavy (non-hydrogen) atoms. The Morgan fingerprint density at radius 1 is 1.23 bits per heavy atom. The Hall–Kier alpha value is -2.53. The van der Waals surface area contributed by atoms with Crippen molar-refractivity contribution >= 4 is 29.4 Å². The number of amides is 2. The summed E-state index contributed by atoms with van der Waals surface area (Å²) in [5.41, 5.74) is 3.15. The first kappa shape index (κ1) is 20.7. The summed E-state index contributed by atoms with van der Waals surface area (Å²) in [5.74, 6) is 2.13. The van der Waals surface area contributed by atoms with Gasteiger partial charge in [-0.3, -0.25) is 15.1 Å². The number of imidazole rings is 1. The highest BCUT2D eigenvalue weighted by molar-refractivity contribution is 7.09. The number of hydrazine groups is 1. The summed E-state index contributed by atoms with van der Waals surface area (Å²) in [7, 11) is 0. The predicted octanol–water partition coefficient (Wildman–Crippen LogP) is 2.65. The number of nitrogens with one attached hydrogen (secondary N) is 1. The summed E-state index contributed by atoms with van der Waals surface area (Å²) in [6.07, 6.45) is 0.835. The molecule has 4 rings (SSSR count). The Morgan fingerprint density at radius 2 is 2.00 bits per heavy atom. The van der Waals surface area contributed by atoms with E-state index >= 15 is 0 Å². The third-order valence-corrected chi connectivity index (χ3v) is 5.90. The molecule has 1 N–H and O–H groups in total. The highest BCUT2D eigenvalue weighted by atomic mass is 32.1. The van der Waals surface area contributed by atoms with E-state index in [-0.39, 0.29) is 11.9 Å². The lowest BCUT2D eigenvalue weighted by atomic mass is 10.1. The summed E-state index contributed by atoms with van der Waals surface area (Å²) in [5, 5.41) is 2.57. The fourth-order valence-corrected chi connectivity index (χ4v) is 4.50. The van der Waals surface area contributed by atoms with E-state index in [9.17, 15) is 9.59 Å². The van der Waals surface area contributed by atoms with Gasteiger partial charge in [-0.2, -0.15) is 4.37 Å². The lowest BCUT2D eigenvalue weighted by Crippen LogP contribution is -2.50. The Bertz CT molecular complexity index is 977. The van der Waals surface area contributed by atoms with Gasteiger partial charge in [-0.25, -0.2) is 19.8 Å². The van der Waals surface area contributed by atoms with E-state index in [2.05, 4.69) is 19.4 Å². The number of aromatic nitrogens is 4. The van der Waals surface area contributed by atoms with Gasteiger partial charge in [-0.15, -0.1) is 0 Å². The molecule has 11 heteroatoms. The minimum Gasteiger partial charge on any atom is -0.443 e. The number of nitrogens with zero attached hydrogens (tertiary/aromatic N) is 6. The van der Waals surface area contributed by atoms with Crippen LogP contribution >= 0.6 is 11.5 Å². The molecule has 2 aromatic heterocycles. The van der Waals surface area contributed by atoms with Crippen molar-refractivity contribution in [2.75, 3.05) is 18.0 Å². The lowest BCUT2D eigenvalue weighted by Gasteiger charge is -2.36. The number of fused-ring (bicyclic) bond motifs is 1. The Balaban J connectivity index is 1.69. The number of carbonyl (C=O) groups is 2. The Labute approximate surface area is 179 Å². The fraction of sp³-hybridized carbons (Fsp3) is 0.632. The first-order chi connectivity index (χ1) is 14.1. The number of carbonyl (C=O) groups excluding carboxylic acids is 2. The van der Waals surface area contributed by atoms with E-state index in [1.807, 2.05) is 39.6 Å². The van der Waals surface area contributed by atoms with Gasteiger partial charge < -0.3 is 9.30 Å². The molecule has 0 saturated carbocycles. The van der Waals surface area contributed by atoms with E-state index in [0.29, 0.717) is 43.5 Å². The molecule has 1 fully saturated rings. The predicted molar refractivity (Wildman–Crippen MR) is 112 cm³/mol. The molecule has 2 amide bonds. The third-order valence-electron chi connectivity index (χ3n) is 5.10. The van der Waals surface area contributed by atoms with Gasteiger partial charge in [-0.1, -0.05) is 0 Å². The molecular weight excluding hydrogens is 406 g/mol. The molecule has 162 valence electrons. The van der Waals surface area contributed by atoms with Crippen LogP contribution in [-0.4, -0.2) is 54.6 Å². The zero-order valence-corrected chi connectivity index (χ0v) is 18.7. The van der Waals surface area contributed by atoms with Crippen LogP contribution in [0.3, 0.4) is 0 Å². The normalized spacial score (nSPS) is 19.8. The smallest absolute Gasteiger partial charge is 0.422 e. The average molecular weight is 434 g/mol. The van der Waals surface area contributed by atoms with Crippen LogP contribution in [0.15, 0.2) is 0 Å². The largest absolute Gasteiger partial charge is 0.443 e. The van der Waals surface area contributed by atoms with Crippen molar-refractivity contribution in [1.82, 2.24) is 29.3 Å². The van der Waals surface area contributed by atoms with Crippen LogP contribution in [0.2, 0.25) is 0 Å². The van der Waals surface area contributed by atoms with E-state index in [1.165, 1.54) is 11.5 Å². The van der Waals surface area contributed by atoms with Gasteiger partial charge >= 0.3 is 6.09 Å². The molecular formula is C19H27N7O3S. The second-order valence-corrected chi connectivity index (χ2v) is 9.33. The molecule has 1 atom stereocenters. The van der Waals surface area contributed by atoms with E-state index < -0.39 is 11.7 Å². The number of aryl methyl sites for hydroxylation is 1. The third kappa shape index (κ3) is 3.91. The number of ether oxygens (including phenoxy) is 1. The quantitative estimate of drug-likeness (QED) is 0.793. The van der Waals surface area contributed by atoms with Crippen LogP contribution in [0.25, 0.3) is 10.8 Å². The highest BCUT2D eigenvalue weighted by Crippen LogP contribution is 2.38. The van der Waals surface area contributed by atoms with Gasteiger partial charge in [0.25, 0.3) is 0 Å². The summed E-state index contributed by atoms with van der Waals surface area (Å²) >= 11 is 1.30. The molecule has 2 aliphatic rings. The van der Waals surface area contributed by atoms with Crippen molar-refractivity contribution in [2.24, 2.45) is 0 Å². The molecule has 0 spiro atoms. The second-order valence-electron chi connectivity index (χ2n) is 8.57. The molecule has 0 bridgehead atoms. The molecule has 10 nitrogen and oxygen atoms in total. The van der Waals surface area contributed by atoms with Gasteiger partial charge in [0.1, 0.15) is 11.4 Å². The topological polar surface area (TPSA) is 105 Å². The highest BCUT2D eigenvalue weighted by Gasteiger charge is 2.37. The molecule has 0 radical (unpaired) electrons. The summed E-state index contributed by atoms with van der Waals surface area (Å²) in [6, 6.07) is -0.204. The van der Waals surface area contributed by atoms with Crippen molar-refractivity contribution in [3.05, 3.63) is 11.5 Å². The zero-order valence-electron chi connectivity index (χ0n) is 17.9. The number of rotatable bonds is 3. The van der Waals surface area contributed by atoms with Crippen molar-refractivity contribution in [1.29, 1.82) is 0 Å². The second kappa shape index (κ2) is 7.62. The number of hydrogen-bond acceptors (Lipinski definition) is 8. The SMILES string of the molecule is Cc1nsc(-c2nc(N3CCCC3=O)c3n2CCN(NC(=O)OC(C)(C)C)[C@@H]3C)n1. The maximum absolute atomic E-state index is 12.5. The zero-order chi connectivity index (χ0) is 21.6. The van der Waals surface area contributed by atoms with Crippen molar-refractivity contribution in [2.45, 2.75) is 65.6 Å². The van der Waals surface area contributed by atoms with Crippen LogP contribution in [0.4, 0.5) is 10.6 Å². The Kier molecular flexibility index (Phi) is 5.27. The van der Waals surface area contributed by atoms with Crippen molar-refractivity contribution in [3.8, 4) is 10.8 Å². The summed E-state index contributed by atoms with van der Waals surface area (Å²) in [6.45, 7) is 11.1. The van der Waals surface area contributed by atoms with Gasteiger partial charge in [-0.05, 0) is 52.6 Å². The summed E-state index contributed by atoms with van der Waals surface area (Å²) < 4.78 is 11.8. The van der Waals surface area contributed by atoms with E-state index in [4.69, 9.17) is 9.72 Å². The maximum atomic E-state index is 12.5. The van der Waals surface area contributed by atoms with Gasteiger partial charge in [0.2, 0.25) is 5.91 Å². The number of hydrogen-bond donors (Lipinski definition) is 1. The van der Waals surface area contributed by atoms with Gasteiger partial charge in [0.05, 0.1) is 11.7 Å². The van der Waals surface area contributed by atoms with Gasteiger partial charge in [0.15, 0.2) is 16.6 Å². The molecule has 1 saturated heterocycles. The van der Waals surface area contributed by atoms with Crippen molar-refractivity contribution in [3.63, 3.8) is 0 Å². The van der Waals surface area contributed by atoms with Gasteiger partial charge in [0, 0.05) is 26.1 Å². The first-order valence-electron chi connectivity index (χ1n) is 10.1. The summed E-state index contributed by atoms with van der Waals surface area (Å²) in [4.78, 5) is 35.9. The number of anilines is 1. The Morgan fingerprint density at radius 3 is 2.60 bits per heavy atom. The minimum atomic E-state index is -0.582. The lowest BCUT2D eigenvalue weighted by molar-refractivity contribution is -0.117. The maximum Gasteiger partial charge on any atom is 0.422 e. The monoisotopic (exact) mass is 433 g/mol. The standard InChI is InChI=1S/C19H27N7O3S/c1-11-14-15(24-8-6-7-13(24)27)21-16(17-20-12(2)23-30-17)25(14)9-10-26(11)22-18(28)29-19(3,4)5/h11H,6-10H2,1-5H3,(H,22,28)/t11-/m1/s1. The van der Waals surface area contributed by atoms with E-state index in [1.54, 1.807) is 4.90 Å². The minimum absolute atomic E-state index is 0.0697. The molecule has 2 aliphatic heterocycles. The molecule has 2 aromatic rings. The first-order valence-corrected chi connectivity index (χ1v) is 10.9. The molecule has 4 heterocycles. The van der Waals surface area contributed by atoms with Crippen LogP contribution in [0.5, 0.6) is 0 Å². The molecule has 0 unspecified atom stereocenters. The fourth-order valence-electron chi connectivity index (χ4n) is 3.83. The van der Waals surface area contributed by atoms with Crippen LogP contribution in [0.1, 0.15) is 58.1 Å².